The Morgan fingerprint density at radius 3 is 2.57 bits per heavy atom. The summed E-state index contributed by atoms with van der Waals surface area (Å²) < 4.78 is 32.6. The molecule has 1 heterocycles. The van der Waals surface area contributed by atoms with Crippen LogP contribution in [0, 0.1) is 0 Å². The van der Waals surface area contributed by atoms with Crippen LogP contribution in [0.3, 0.4) is 0 Å². The topological polar surface area (TPSA) is 90.3 Å². The summed E-state index contributed by atoms with van der Waals surface area (Å²) in [5.41, 5.74) is 1.17. The second-order valence-electron chi connectivity index (χ2n) is 6.81. The van der Waals surface area contributed by atoms with Crippen molar-refractivity contribution in [1.82, 2.24) is 9.78 Å². The van der Waals surface area contributed by atoms with Crippen LogP contribution in [0.5, 0.6) is 0 Å². The maximum absolute atomic E-state index is 11.9. The lowest BCUT2D eigenvalue weighted by atomic mass is 9.86. The van der Waals surface area contributed by atoms with Crippen LogP contribution in [-0.4, -0.2) is 37.5 Å². The van der Waals surface area contributed by atoms with Crippen LogP contribution >= 0.6 is 11.6 Å². The molecule has 3 aromatic rings. The highest BCUT2D eigenvalue weighted by Gasteiger charge is 2.33. The molecule has 1 N–H and O–H groups in total. The molecule has 3 rings (SSSR count). The molecule has 9 heteroatoms. The van der Waals surface area contributed by atoms with Gasteiger partial charge in [-0.1, -0.05) is 36.7 Å². The van der Waals surface area contributed by atoms with Gasteiger partial charge in [0.05, 0.1) is 30.8 Å². The van der Waals surface area contributed by atoms with E-state index in [9.17, 15) is 13.2 Å². The first-order chi connectivity index (χ1) is 14.2. The number of carbonyl (C=O) groups is 1. The van der Waals surface area contributed by atoms with Crippen molar-refractivity contribution in [3.05, 3.63) is 71.4 Å². The summed E-state index contributed by atoms with van der Waals surface area (Å²) in [6.07, 6.45) is 6.37. The molecule has 30 heavy (non-hydrogen) atoms. The fourth-order valence-corrected chi connectivity index (χ4v) is 4.13. The molecule has 0 radical (unpaired) electrons. The summed E-state index contributed by atoms with van der Waals surface area (Å²) in [4.78, 5) is 11.9. The molecule has 0 saturated heterocycles. The molecular formula is C21H22ClN3O4S. The Morgan fingerprint density at radius 2 is 1.97 bits per heavy atom. The first-order valence-electron chi connectivity index (χ1n) is 9.18. The zero-order valence-corrected chi connectivity index (χ0v) is 18.4. The van der Waals surface area contributed by atoms with E-state index in [4.69, 9.17) is 16.3 Å². The van der Waals surface area contributed by atoms with Gasteiger partial charge in [0.15, 0.2) is 0 Å². The molecule has 158 valence electrons. The zero-order valence-electron chi connectivity index (χ0n) is 16.8. The number of nitrogens with one attached hydrogen (secondary N) is 1. The van der Waals surface area contributed by atoms with E-state index in [0.29, 0.717) is 28.0 Å². The lowest BCUT2D eigenvalue weighted by molar-refractivity contribution is -0.134. The predicted molar refractivity (Wildman–Crippen MR) is 118 cm³/mol. The molecule has 0 bridgehead atoms. The molecular weight excluding hydrogens is 426 g/mol. The largest absolute Gasteiger partial charge is 0.466 e. The van der Waals surface area contributed by atoms with Crippen molar-refractivity contribution >= 4 is 44.2 Å². The van der Waals surface area contributed by atoms with Crippen molar-refractivity contribution < 1.29 is 17.9 Å². The van der Waals surface area contributed by atoms with Gasteiger partial charge in [0, 0.05) is 16.5 Å². The minimum absolute atomic E-state index is 0.430. The summed E-state index contributed by atoms with van der Waals surface area (Å²) in [5.74, 6) is -0.488. The number of benzene rings is 2. The third-order valence-electron chi connectivity index (χ3n) is 4.87. The number of hydrogen-bond acceptors (Lipinski definition) is 5. The van der Waals surface area contributed by atoms with Crippen LogP contribution in [0.1, 0.15) is 18.9 Å². The lowest BCUT2D eigenvalue weighted by Crippen LogP contribution is -2.33. The maximum Gasteiger partial charge on any atom is 0.330 e. The Morgan fingerprint density at radius 1 is 1.27 bits per heavy atom. The monoisotopic (exact) mass is 447 g/mol. The molecule has 0 saturated carbocycles. The number of sulfonamides is 1. The van der Waals surface area contributed by atoms with E-state index in [1.54, 1.807) is 41.2 Å². The number of carbonyl (C=O) groups excluding carboxylic acids is 1. The molecule has 1 aromatic heterocycles. The highest BCUT2D eigenvalue weighted by molar-refractivity contribution is 7.92. The van der Waals surface area contributed by atoms with Crippen LogP contribution < -0.4 is 4.72 Å². The number of fused-ring (bicyclic) bond motifs is 1. The summed E-state index contributed by atoms with van der Waals surface area (Å²) in [6, 6.07) is 12.6. The molecule has 0 amide bonds. The average Bonchev–Trinajstić information content (AvgIpc) is 3.14. The minimum atomic E-state index is -3.46. The summed E-state index contributed by atoms with van der Waals surface area (Å²) in [7, 11) is -2.14. The van der Waals surface area contributed by atoms with E-state index < -0.39 is 21.5 Å². The number of esters is 1. The number of allylic oxidation sites excluding steroid dienone is 1. The van der Waals surface area contributed by atoms with Crippen molar-refractivity contribution in [3.63, 3.8) is 0 Å². The van der Waals surface area contributed by atoms with Gasteiger partial charge in [-0.3, -0.25) is 9.40 Å². The average molecular weight is 448 g/mol. The molecule has 0 spiro atoms. The fraction of sp³-hybridized carbons (Fsp3) is 0.238. The minimum Gasteiger partial charge on any atom is -0.466 e. The number of ether oxygens (including phenoxy) is 1. The highest BCUT2D eigenvalue weighted by Crippen LogP contribution is 2.36. The van der Waals surface area contributed by atoms with E-state index in [0.717, 1.165) is 11.8 Å². The van der Waals surface area contributed by atoms with Crippen molar-refractivity contribution in [2.24, 2.45) is 0 Å². The molecule has 0 fully saturated rings. The van der Waals surface area contributed by atoms with Crippen LogP contribution in [0.15, 0.2) is 60.8 Å². The normalized spacial score (nSPS) is 14.0. The molecule has 1 atom stereocenters. The highest BCUT2D eigenvalue weighted by atomic mass is 35.5. The van der Waals surface area contributed by atoms with Gasteiger partial charge in [0.25, 0.3) is 0 Å². The smallest absolute Gasteiger partial charge is 0.330 e. The molecule has 0 aliphatic carbocycles. The van der Waals surface area contributed by atoms with Crippen LogP contribution in [0.2, 0.25) is 5.02 Å². The van der Waals surface area contributed by atoms with E-state index in [2.05, 4.69) is 9.82 Å². The first kappa shape index (κ1) is 21.9. The summed E-state index contributed by atoms with van der Waals surface area (Å²) in [6.45, 7) is 1.97. The zero-order chi connectivity index (χ0) is 21.9. The van der Waals surface area contributed by atoms with Crippen molar-refractivity contribution in [3.8, 4) is 0 Å². The van der Waals surface area contributed by atoms with Crippen LogP contribution in [0.25, 0.3) is 10.9 Å². The standard InChI is InChI=1S/C21H22ClN3O4S/c1-4-21(13-12-20(26)29-2,15-8-10-16(22)11-9-15)25-19-7-5-6-18(17(19)14-23-25)24-30(3,27)28/h5-14,24H,4H2,1-3H3. The number of aromatic nitrogens is 2. The van der Waals surface area contributed by atoms with Gasteiger partial charge >= 0.3 is 5.97 Å². The number of anilines is 1. The van der Waals surface area contributed by atoms with Crippen molar-refractivity contribution in [2.75, 3.05) is 18.1 Å². The third kappa shape index (κ3) is 4.34. The third-order valence-corrected chi connectivity index (χ3v) is 5.71. The Balaban J connectivity index is 2.27. The van der Waals surface area contributed by atoms with Gasteiger partial charge in [0.2, 0.25) is 10.0 Å². The molecule has 2 aromatic carbocycles. The SMILES string of the molecule is CCC(C=CC(=O)OC)(c1ccc(Cl)cc1)n1ncc2c(NS(C)(=O)=O)cccc21. The number of nitrogens with zero attached hydrogens (tertiary/aromatic N) is 2. The fourth-order valence-electron chi connectivity index (χ4n) is 3.43. The molecule has 7 nitrogen and oxygen atoms in total. The van der Waals surface area contributed by atoms with Gasteiger partial charge in [-0.05, 0) is 42.3 Å². The van der Waals surface area contributed by atoms with Gasteiger partial charge in [0.1, 0.15) is 5.54 Å². The predicted octanol–water partition coefficient (Wildman–Crippen LogP) is 3.94. The van der Waals surface area contributed by atoms with Crippen LogP contribution in [0.4, 0.5) is 5.69 Å². The van der Waals surface area contributed by atoms with Gasteiger partial charge < -0.3 is 4.74 Å². The Kier molecular flexibility index (Phi) is 6.19. The Bertz CT molecular complexity index is 1200. The summed E-state index contributed by atoms with van der Waals surface area (Å²) >= 11 is 6.08. The lowest BCUT2D eigenvalue weighted by Gasteiger charge is -2.32. The quantitative estimate of drug-likeness (QED) is 0.437. The van der Waals surface area contributed by atoms with E-state index in [1.807, 2.05) is 25.1 Å². The Hall–Kier alpha value is -2.84. The molecule has 0 aliphatic heterocycles. The van der Waals surface area contributed by atoms with Gasteiger partial charge in [-0.2, -0.15) is 5.10 Å². The van der Waals surface area contributed by atoms with Gasteiger partial charge in [-0.15, -0.1) is 0 Å². The number of halogens is 1. The van der Waals surface area contributed by atoms with Crippen molar-refractivity contribution in [1.29, 1.82) is 0 Å². The van der Waals surface area contributed by atoms with E-state index in [-0.39, 0.29) is 0 Å². The van der Waals surface area contributed by atoms with Crippen molar-refractivity contribution in [2.45, 2.75) is 18.9 Å². The van der Waals surface area contributed by atoms with E-state index >= 15 is 0 Å². The van der Waals surface area contributed by atoms with E-state index in [1.165, 1.54) is 13.2 Å². The number of hydrogen-bond donors (Lipinski definition) is 1. The second-order valence-corrected chi connectivity index (χ2v) is 9.00. The molecule has 0 aliphatic rings. The summed E-state index contributed by atoms with van der Waals surface area (Å²) in [5, 5.41) is 5.81. The number of methoxy groups -OCH3 is 1. The maximum atomic E-state index is 11.9. The van der Waals surface area contributed by atoms with Gasteiger partial charge in [-0.25, -0.2) is 13.2 Å². The number of rotatable bonds is 7. The second kappa shape index (κ2) is 8.49. The molecule has 1 unspecified atom stereocenters. The first-order valence-corrected chi connectivity index (χ1v) is 11.5. The van der Waals surface area contributed by atoms with Crippen LogP contribution in [-0.2, 0) is 25.1 Å². The Labute approximate surface area is 180 Å².